The van der Waals surface area contributed by atoms with Crippen LogP contribution in [-0.2, 0) is 0 Å². The highest BCUT2D eigenvalue weighted by Gasteiger charge is 2.24. The van der Waals surface area contributed by atoms with E-state index in [1.807, 2.05) is 12.1 Å². The van der Waals surface area contributed by atoms with E-state index in [-0.39, 0.29) is 5.46 Å². The van der Waals surface area contributed by atoms with Gasteiger partial charge in [-0.2, -0.15) is 0 Å². The number of rotatable bonds is 4. The molecule has 0 fully saturated rings. The lowest BCUT2D eigenvalue weighted by Crippen LogP contribution is -2.32. The summed E-state index contributed by atoms with van der Waals surface area (Å²) in [5.74, 6) is 0.874. The molecule has 0 radical (unpaired) electrons. The molecule has 1 aromatic carbocycles. The van der Waals surface area contributed by atoms with Crippen molar-refractivity contribution in [3.8, 4) is 11.5 Å². The van der Waals surface area contributed by atoms with Crippen LogP contribution in [0.5, 0.6) is 11.5 Å². The van der Waals surface area contributed by atoms with Crippen LogP contribution in [-0.4, -0.2) is 31.4 Å². The van der Waals surface area contributed by atoms with Crippen LogP contribution in [0.25, 0.3) is 5.57 Å². The van der Waals surface area contributed by atoms with Crippen LogP contribution in [0.4, 0.5) is 0 Å². The standard InChI is InChI=1S/C13H17BO4/c1-17-11-7-10(9-5-3-4-6-9)8-12(18-2)13(11)14(15)16/h5,7-8,15-16H,3-4,6H2,1-2H3. The first-order chi connectivity index (χ1) is 8.67. The van der Waals surface area contributed by atoms with E-state index in [0.717, 1.165) is 24.8 Å². The fourth-order valence-corrected chi connectivity index (χ4v) is 2.31. The van der Waals surface area contributed by atoms with Crippen LogP contribution >= 0.6 is 0 Å². The summed E-state index contributed by atoms with van der Waals surface area (Å²) in [6.45, 7) is 0. The summed E-state index contributed by atoms with van der Waals surface area (Å²) in [4.78, 5) is 0. The summed E-state index contributed by atoms with van der Waals surface area (Å²) in [7, 11) is 1.41. The summed E-state index contributed by atoms with van der Waals surface area (Å²) in [5.41, 5.74) is 2.54. The highest BCUT2D eigenvalue weighted by Crippen LogP contribution is 2.32. The van der Waals surface area contributed by atoms with Gasteiger partial charge in [0, 0.05) is 0 Å². The summed E-state index contributed by atoms with van der Waals surface area (Å²) < 4.78 is 10.4. The minimum Gasteiger partial charge on any atom is -0.497 e. The number of allylic oxidation sites excluding steroid dienone is 2. The maximum absolute atomic E-state index is 9.38. The van der Waals surface area contributed by atoms with E-state index < -0.39 is 7.12 Å². The van der Waals surface area contributed by atoms with Crippen LogP contribution in [0.2, 0.25) is 0 Å². The number of hydrogen-bond donors (Lipinski definition) is 2. The van der Waals surface area contributed by atoms with E-state index in [1.165, 1.54) is 19.8 Å². The van der Waals surface area contributed by atoms with Gasteiger partial charge in [0.25, 0.3) is 0 Å². The van der Waals surface area contributed by atoms with E-state index >= 15 is 0 Å². The smallest absolute Gasteiger partial charge is 0.496 e. The molecule has 0 saturated heterocycles. The van der Waals surface area contributed by atoms with Crippen molar-refractivity contribution >= 4 is 18.2 Å². The lowest BCUT2D eigenvalue weighted by atomic mass is 9.77. The summed E-state index contributed by atoms with van der Waals surface area (Å²) >= 11 is 0. The molecule has 1 aromatic rings. The van der Waals surface area contributed by atoms with Gasteiger partial charge in [0.1, 0.15) is 11.5 Å². The maximum atomic E-state index is 9.38. The Morgan fingerprint density at radius 1 is 1.11 bits per heavy atom. The first kappa shape index (κ1) is 13.0. The van der Waals surface area contributed by atoms with Crippen LogP contribution < -0.4 is 14.9 Å². The Morgan fingerprint density at radius 3 is 2.11 bits per heavy atom. The van der Waals surface area contributed by atoms with Crippen molar-refractivity contribution in [1.82, 2.24) is 0 Å². The van der Waals surface area contributed by atoms with E-state index in [4.69, 9.17) is 9.47 Å². The monoisotopic (exact) mass is 248 g/mol. The molecule has 0 aromatic heterocycles. The maximum Gasteiger partial charge on any atom is 0.496 e. The topological polar surface area (TPSA) is 58.9 Å². The minimum absolute atomic E-state index is 0.266. The molecule has 0 aliphatic heterocycles. The Morgan fingerprint density at radius 2 is 1.72 bits per heavy atom. The van der Waals surface area contributed by atoms with Crippen LogP contribution in [0.15, 0.2) is 18.2 Å². The van der Waals surface area contributed by atoms with Gasteiger partial charge in [0.05, 0.1) is 19.7 Å². The van der Waals surface area contributed by atoms with Crippen molar-refractivity contribution in [2.45, 2.75) is 19.3 Å². The average molecular weight is 248 g/mol. The number of benzene rings is 1. The van der Waals surface area contributed by atoms with Crippen LogP contribution in [0.1, 0.15) is 24.8 Å². The Hall–Kier alpha value is -1.46. The first-order valence-electron chi connectivity index (χ1n) is 5.98. The average Bonchev–Trinajstić information content (AvgIpc) is 2.90. The zero-order valence-corrected chi connectivity index (χ0v) is 10.6. The molecule has 4 nitrogen and oxygen atoms in total. The molecule has 2 N–H and O–H groups in total. The molecule has 18 heavy (non-hydrogen) atoms. The van der Waals surface area contributed by atoms with Crippen molar-refractivity contribution in [2.24, 2.45) is 0 Å². The molecule has 0 heterocycles. The van der Waals surface area contributed by atoms with Gasteiger partial charge >= 0.3 is 7.12 Å². The van der Waals surface area contributed by atoms with E-state index in [0.29, 0.717) is 11.5 Å². The highest BCUT2D eigenvalue weighted by atomic mass is 16.5. The first-order valence-corrected chi connectivity index (χ1v) is 5.98. The van der Waals surface area contributed by atoms with Gasteiger partial charge in [-0.15, -0.1) is 0 Å². The van der Waals surface area contributed by atoms with Crippen molar-refractivity contribution in [3.63, 3.8) is 0 Å². The van der Waals surface area contributed by atoms with E-state index in [1.54, 1.807) is 0 Å². The minimum atomic E-state index is -1.61. The van der Waals surface area contributed by atoms with Gasteiger partial charge in [-0.05, 0) is 42.5 Å². The Kier molecular flexibility index (Phi) is 3.94. The molecule has 0 atom stereocenters. The second-order valence-corrected chi connectivity index (χ2v) is 4.29. The molecule has 1 aliphatic carbocycles. The zero-order chi connectivity index (χ0) is 13.1. The predicted octanol–water partition coefficient (Wildman–Crippen LogP) is 0.951. The molecule has 0 bridgehead atoms. The summed E-state index contributed by atoms with van der Waals surface area (Å²) in [6, 6.07) is 3.66. The highest BCUT2D eigenvalue weighted by molar-refractivity contribution is 6.61. The predicted molar refractivity (Wildman–Crippen MR) is 71.2 cm³/mol. The molecular weight excluding hydrogens is 231 g/mol. The van der Waals surface area contributed by atoms with Gasteiger partial charge in [0.2, 0.25) is 0 Å². The zero-order valence-electron chi connectivity index (χ0n) is 10.6. The Bertz CT molecular complexity index is 443. The third-order valence-corrected chi connectivity index (χ3v) is 3.21. The SMILES string of the molecule is COc1cc(C2=CCCC2)cc(OC)c1B(O)O. The lowest BCUT2D eigenvalue weighted by Gasteiger charge is -2.15. The fourth-order valence-electron chi connectivity index (χ4n) is 2.31. The molecule has 0 unspecified atom stereocenters. The molecule has 96 valence electrons. The van der Waals surface area contributed by atoms with Gasteiger partial charge < -0.3 is 19.5 Å². The fraction of sp³-hybridized carbons (Fsp3) is 0.385. The van der Waals surface area contributed by atoms with Crippen molar-refractivity contribution in [3.05, 3.63) is 23.8 Å². The van der Waals surface area contributed by atoms with Gasteiger partial charge in [-0.3, -0.25) is 0 Å². The third-order valence-electron chi connectivity index (χ3n) is 3.21. The quantitative estimate of drug-likeness (QED) is 0.779. The molecule has 2 rings (SSSR count). The molecule has 0 saturated carbocycles. The molecule has 0 spiro atoms. The molecule has 0 amide bonds. The third kappa shape index (κ3) is 2.37. The van der Waals surface area contributed by atoms with Crippen molar-refractivity contribution in [1.29, 1.82) is 0 Å². The Labute approximate surface area is 107 Å². The summed E-state index contributed by atoms with van der Waals surface area (Å²) in [5, 5.41) is 18.8. The van der Waals surface area contributed by atoms with Crippen molar-refractivity contribution in [2.75, 3.05) is 14.2 Å². The molecular formula is C13H17BO4. The second kappa shape index (κ2) is 5.46. The largest absolute Gasteiger partial charge is 0.497 e. The van der Waals surface area contributed by atoms with E-state index in [9.17, 15) is 10.0 Å². The number of methoxy groups -OCH3 is 2. The van der Waals surface area contributed by atoms with Crippen LogP contribution in [0, 0.1) is 0 Å². The van der Waals surface area contributed by atoms with Crippen molar-refractivity contribution < 1.29 is 19.5 Å². The van der Waals surface area contributed by atoms with Gasteiger partial charge in [0.15, 0.2) is 0 Å². The lowest BCUT2D eigenvalue weighted by molar-refractivity contribution is 0.385. The normalized spacial score (nSPS) is 14.3. The van der Waals surface area contributed by atoms with Crippen LogP contribution in [0.3, 0.4) is 0 Å². The van der Waals surface area contributed by atoms with Gasteiger partial charge in [-0.1, -0.05) is 6.08 Å². The second-order valence-electron chi connectivity index (χ2n) is 4.29. The molecule has 5 heteroatoms. The number of ether oxygens (including phenoxy) is 2. The van der Waals surface area contributed by atoms with Gasteiger partial charge in [-0.25, -0.2) is 0 Å². The summed E-state index contributed by atoms with van der Waals surface area (Å²) in [6.07, 6.45) is 5.48. The number of hydrogen-bond acceptors (Lipinski definition) is 4. The Balaban J connectivity index is 2.52. The van der Waals surface area contributed by atoms with E-state index in [2.05, 4.69) is 6.08 Å². The molecule has 1 aliphatic rings.